The van der Waals surface area contributed by atoms with Crippen LogP contribution in [0.5, 0.6) is 0 Å². The molecule has 1 N–H and O–H groups in total. The fourth-order valence-electron chi connectivity index (χ4n) is 8.84. The maximum atomic E-state index is 4.07. The van der Waals surface area contributed by atoms with E-state index in [1.165, 1.54) is 141 Å². The van der Waals surface area contributed by atoms with Crippen molar-refractivity contribution in [3.63, 3.8) is 0 Å². The second kappa shape index (κ2) is 12.6. The highest BCUT2D eigenvalue weighted by atomic mass is 79.9. The van der Waals surface area contributed by atoms with E-state index in [4.69, 9.17) is 0 Å². The number of rotatable bonds is 6. The lowest BCUT2D eigenvalue weighted by atomic mass is 9.70. The van der Waals surface area contributed by atoms with E-state index < -0.39 is 0 Å². The third-order valence-electron chi connectivity index (χ3n) is 10.7. The van der Waals surface area contributed by atoms with E-state index in [1.807, 2.05) is 0 Å². The lowest BCUT2D eigenvalue weighted by Gasteiger charge is -2.49. The first-order chi connectivity index (χ1) is 16.3. The predicted molar refractivity (Wildman–Crippen MR) is 145 cm³/mol. The van der Waals surface area contributed by atoms with Crippen LogP contribution in [0.2, 0.25) is 0 Å². The van der Waals surface area contributed by atoms with Gasteiger partial charge in [-0.15, -0.1) is 0 Å². The van der Waals surface area contributed by atoms with E-state index >= 15 is 0 Å². The van der Waals surface area contributed by atoms with E-state index in [-0.39, 0.29) is 0 Å². The molecule has 5 saturated carbocycles. The van der Waals surface area contributed by atoms with Crippen molar-refractivity contribution < 1.29 is 0 Å². The van der Waals surface area contributed by atoms with Crippen LogP contribution in [0.1, 0.15) is 141 Å². The topological polar surface area (TPSA) is 15.3 Å². The Hall–Kier alpha value is 0.400. The van der Waals surface area contributed by atoms with Crippen LogP contribution in [0.15, 0.2) is 0 Å². The third-order valence-corrected chi connectivity index (χ3v) is 11.6. The summed E-state index contributed by atoms with van der Waals surface area (Å²) < 4.78 is 0. The van der Waals surface area contributed by atoms with Gasteiger partial charge in [0.05, 0.1) is 0 Å². The molecule has 190 valence electrons. The maximum absolute atomic E-state index is 4.07. The van der Waals surface area contributed by atoms with Crippen LogP contribution >= 0.6 is 15.9 Å². The zero-order valence-electron chi connectivity index (χ0n) is 21.5. The Labute approximate surface area is 213 Å². The molecule has 0 radical (unpaired) electrons. The van der Waals surface area contributed by atoms with Crippen LogP contribution in [-0.2, 0) is 0 Å². The number of hydrogen-bond donors (Lipinski definition) is 1. The van der Waals surface area contributed by atoms with Gasteiger partial charge in [-0.05, 0) is 115 Å². The zero-order chi connectivity index (χ0) is 22.5. The van der Waals surface area contributed by atoms with Gasteiger partial charge in [-0.3, -0.25) is 4.90 Å². The number of nitrogens with one attached hydrogen (secondary N) is 1. The molecule has 5 aliphatic rings. The molecular formula is C30H53BrN2. The standard InChI is InChI=1S/C30H53BrN2/c31-25-15-21-30(22-16-25)33(28-9-5-2-6-10-28)29-19-13-24(14-20-29)23-11-17-27(18-12-23)32-26-7-3-1-4-8-26/h23-30,32H,1-22H2. The van der Waals surface area contributed by atoms with Gasteiger partial charge in [0.25, 0.3) is 0 Å². The van der Waals surface area contributed by atoms with Crippen molar-refractivity contribution in [2.75, 3.05) is 0 Å². The molecule has 0 bridgehead atoms. The van der Waals surface area contributed by atoms with Gasteiger partial charge >= 0.3 is 0 Å². The van der Waals surface area contributed by atoms with Gasteiger partial charge in [0.15, 0.2) is 0 Å². The van der Waals surface area contributed by atoms with Gasteiger partial charge in [-0.25, -0.2) is 0 Å². The van der Waals surface area contributed by atoms with Gasteiger partial charge in [-0.2, -0.15) is 0 Å². The zero-order valence-corrected chi connectivity index (χ0v) is 23.1. The van der Waals surface area contributed by atoms with Gasteiger partial charge in [-0.1, -0.05) is 54.5 Å². The fourth-order valence-corrected chi connectivity index (χ4v) is 9.37. The summed E-state index contributed by atoms with van der Waals surface area (Å²) >= 11 is 3.92. The summed E-state index contributed by atoms with van der Waals surface area (Å²) in [6, 6.07) is 4.40. The first-order valence-electron chi connectivity index (χ1n) is 15.4. The lowest BCUT2D eigenvalue weighted by molar-refractivity contribution is 0.00913. The van der Waals surface area contributed by atoms with Crippen molar-refractivity contribution in [3.8, 4) is 0 Å². The molecule has 3 heteroatoms. The lowest BCUT2D eigenvalue weighted by Crippen LogP contribution is -2.52. The third kappa shape index (κ3) is 6.79. The first kappa shape index (κ1) is 25.1. The summed E-state index contributed by atoms with van der Waals surface area (Å²) in [4.78, 5) is 3.94. The summed E-state index contributed by atoms with van der Waals surface area (Å²) in [5.74, 6) is 2.09. The minimum atomic E-state index is 0.792. The van der Waals surface area contributed by atoms with Gasteiger partial charge in [0, 0.05) is 35.0 Å². The summed E-state index contributed by atoms with van der Waals surface area (Å²) in [6.07, 6.45) is 32.5. The fraction of sp³-hybridized carbons (Fsp3) is 1.00. The molecule has 0 amide bonds. The summed E-state index contributed by atoms with van der Waals surface area (Å²) in [5, 5.41) is 4.07. The van der Waals surface area contributed by atoms with Crippen LogP contribution in [0.3, 0.4) is 0 Å². The van der Waals surface area contributed by atoms with E-state index in [9.17, 15) is 0 Å². The molecule has 5 rings (SSSR count). The monoisotopic (exact) mass is 520 g/mol. The molecule has 5 fully saturated rings. The molecule has 0 saturated heterocycles. The van der Waals surface area contributed by atoms with Crippen LogP contribution in [0, 0.1) is 11.8 Å². The molecule has 33 heavy (non-hydrogen) atoms. The van der Waals surface area contributed by atoms with E-state index in [2.05, 4.69) is 26.1 Å². The Morgan fingerprint density at radius 2 is 0.848 bits per heavy atom. The van der Waals surface area contributed by atoms with E-state index in [0.29, 0.717) is 0 Å². The SMILES string of the molecule is BrC1CCC(N(C2CCCCC2)C2CCC(C3CCC(NC4CCCCC4)CC3)CC2)CC1. The van der Waals surface area contributed by atoms with Crippen molar-refractivity contribution in [2.24, 2.45) is 11.8 Å². The predicted octanol–water partition coefficient (Wildman–Crippen LogP) is 8.37. The summed E-state index contributed by atoms with van der Waals surface area (Å²) in [7, 11) is 0. The Morgan fingerprint density at radius 3 is 1.42 bits per heavy atom. The maximum Gasteiger partial charge on any atom is 0.0147 e. The molecule has 0 aliphatic heterocycles. The quantitative estimate of drug-likeness (QED) is 0.353. The molecule has 0 spiro atoms. The van der Waals surface area contributed by atoms with Crippen molar-refractivity contribution in [1.82, 2.24) is 10.2 Å². The largest absolute Gasteiger partial charge is 0.311 e. The summed E-state index contributed by atoms with van der Waals surface area (Å²) in [5.41, 5.74) is 0. The number of halogens is 1. The average molecular weight is 522 g/mol. The molecule has 2 nitrogen and oxygen atoms in total. The average Bonchev–Trinajstić information content (AvgIpc) is 2.88. The van der Waals surface area contributed by atoms with Crippen LogP contribution in [0.25, 0.3) is 0 Å². The molecule has 0 unspecified atom stereocenters. The van der Waals surface area contributed by atoms with Crippen molar-refractivity contribution in [2.45, 2.75) is 176 Å². The Balaban J connectivity index is 1.10. The van der Waals surface area contributed by atoms with E-state index in [0.717, 1.165) is 46.9 Å². The van der Waals surface area contributed by atoms with E-state index in [1.54, 1.807) is 0 Å². The smallest absolute Gasteiger partial charge is 0.0147 e. The van der Waals surface area contributed by atoms with Crippen molar-refractivity contribution in [1.29, 1.82) is 0 Å². The highest BCUT2D eigenvalue weighted by Crippen LogP contribution is 2.42. The van der Waals surface area contributed by atoms with Crippen LogP contribution < -0.4 is 5.32 Å². The Kier molecular flexibility index (Phi) is 9.55. The highest BCUT2D eigenvalue weighted by molar-refractivity contribution is 9.09. The van der Waals surface area contributed by atoms with Crippen molar-refractivity contribution in [3.05, 3.63) is 0 Å². The van der Waals surface area contributed by atoms with Crippen molar-refractivity contribution >= 4 is 15.9 Å². The normalized spacial score (nSPS) is 40.2. The van der Waals surface area contributed by atoms with Gasteiger partial charge in [0.2, 0.25) is 0 Å². The molecule has 0 aromatic rings. The van der Waals surface area contributed by atoms with Crippen LogP contribution in [0.4, 0.5) is 0 Å². The minimum Gasteiger partial charge on any atom is -0.311 e. The second-order valence-corrected chi connectivity index (χ2v) is 14.1. The van der Waals surface area contributed by atoms with Crippen LogP contribution in [-0.4, -0.2) is 39.9 Å². The van der Waals surface area contributed by atoms with Gasteiger partial charge < -0.3 is 5.32 Å². The molecule has 0 aromatic carbocycles. The molecule has 0 heterocycles. The highest BCUT2D eigenvalue weighted by Gasteiger charge is 2.38. The number of hydrogen-bond acceptors (Lipinski definition) is 2. The summed E-state index contributed by atoms with van der Waals surface area (Å²) in [6.45, 7) is 0. The first-order valence-corrected chi connectivity index (χ1v) is 16.4. The second-order valence-electron chi connectivity index (χ2n) is 12.8. The van der Waals surface area contributed by atoms with Gasteiger partial charge in [0.1, 0.15) is 0 Å². The minimum absolute atomic E-state index is 0.792. The molecular weight excluding hydrogens is 468 g/mol. The molecule has 0 aromatic heterocycles. The Morgan fingerprint density at radius 1 is 0.424 bits per heavy atom. The molecule has 0 atom stereocenters. The Bertz CT molecular complexity index is 546. The number of nitrogens with zero attached hydrogens (tertiary/aromatic N) is 1. The molecule has 5 aliphatic carbocycles. The number of alkyl halides is 1.